The largest absolute Gasteiger partial charge is 0.383 e. The molecule has 2 aromatic rings. The van der Waals surface area contributed by atoms with Crippen molar-refractivity contribution in [2.45, 2.75) is 5.16 Å². The van der Waals surface area contributed by atoms with Gasteiger partial charge in [0.05, 0.1) is 11.1 Å². The smallest absolute Gasteiger partial charge is 0.233 e. The number of thioether (sulfide) groups is 1. The first-order chi connectivity index (χ1) is 10.1. The van der Waals surface area contributed by atoms with E-state index in [1.165, 1.54) is 23.1 Å². The van der Waals surface area contributed by atoms with E-state index in [9.17, 15) is 4.79 Å². The minimum absolute atomic E-state index is 0.140. The summed E-state index contributed by atoms with van der Waals surface area (Å²) < 4.78 is 0. The molecule has 1 aliphatic rings. The van der Waals surface area contributed by atoms with Crippen molar-refractivity contribution in [3.63, 3.8) is 0 Å². The average Bonchev–Trinajstić information content (AvgIpc) is 2.94. The molecule has 3 rings (SSSR count). The summed E-state index contributed by atoms with van der Waals surface area (Å²) in [6.45, 7) is 3.45. The molecular formula is C13H17N5OS2. The SMILES string of the molecule is CN1CCN(C(=O)CSc2nc(N)c3ccsc3n2)CC1. The Hall–Kier alpha value is -1.38. The number of nitrogens with two attached hydrogens (primary N) is 1. The number of hydrogen-bond acceptors (Lipinski definition) is 7. The highest BCUT2D eigenvalue weighted by molar-refractivity contribution is 7.99. The molecule has 1 amide bonds. The second-order valence-corrected chi connectivity index (χ2v) is 6.84. The lowest BCUT2D eigenvalue weighted by atomic mass is 10.3. The van der Waals surface area contributed by atoms with E-state index in [-0.39, 0.29) is 5.91 Å². The Kier molecular flexibility index (Phi) is 4.27. The molecular weight excluding hydrogens is 306 g/mol. The summed E-state index contributed by atoms with van der Waals surface area (Å²) in [6, 6.07) is 1.92. The van der Waals surface area contributed by atoms with Gasteiger partial charge in [0.15, 0.2) is 5.16 Å². The number of piperazine rings is 1. The number of thiophene rings is 1. The van der Waals surface area contributed by atoms with E-state index in [1.54, 1.807) is 0 Å². The monoisotopic (exact) mass is 323 g/mol. The number of fused-ring (bicyclic) bond motifs is 1. The number of rotatable bonds is 3. The first-order valence-electron chi connectivity index (χ1n) is 6.73. The number of nitrogen functional groups attached to an aromatic ring is 1. The fraction of sp³-hybridized carbons (Fsp3) is 0.462. The van der Waals surface area contributed by atoms with Crippen LogP contribution in [0.15, 0.2) is 16.6 Å². The second-order valence-electron chi connectivity index (χ2n) is 5.00. The molecule has 1 fully saturated rings. The van der Waals surface area contributed by atoms with Gasteiger partial charge in [-0.05, 0) is 18.5 Å². The Morgan fingerprint density at radius 1 is 1.38 bits per heavy atom. The van der Waals surface area contributed by atoms with Gasteiger partial charge in [-0.15, -0.1) is 11.3 Å². The molecule has 1 aliphatic heterocycles. The summed E-state index contributed by atoms with van der Waals surface area (Å²) in [6.07, 6.45) is 0. The van der Waals surface area contributed by atoms with E-state index in [2.05, 4.69) is 21.9 Å². The third-order valence-electron chi connectivity index (χ3n) is 3.51. The topological polar surface area (TPSA) is 75.3 Å². The normalized spacial score (nSPS) is 16.5. The molecule has 1 saturated heterocycles. The molecule has 0 atom stereocenters. The van der Waals surface area contributed by atoms with E-state index < -0.39 is 0 Å². The lowest BCUT2D eigenvalue weighted by Crippen LogP contribution is -2.47. The van der Waals surface area contributed by atoms with Crippen molar-refractivity contribution in [3.8, 4) is 0 Å². The predicted molar refractivity (Wildman–Crippen MR) is 86.6 cm³/mol. The van der Waals surface area contributed by atoms with Crippen LogP contribution in [0.25, 0.3) is 10.2 Å². The number of carbonyl (C=O) groups excluding carboxylic acids is 1. The van der Waals surface area contributed by atoms with Crippen LogP contribution in [-0.4, -0.2) is 64.7 Å². The fourth-order valence-corrected chi connectivity index (χ4v) is 3.78. The van der Waals surface area contributed by atoms with Gasteiger partial charge in [0.25, 0.3) is 0 Å². The Balaban J connectivity index is 1.62. The average molecular weight is 323 g/mol. The molecule has 0 spiro atoms. The third kappa shape index (κ3) is 3.28. The van der Waals surface area contributed by atoms with Crippen molar-refractivity contribution in [1.29, 1.82) is 0 Å². The van der Waals surface area contributed by atoms with Crippen LogP contribution in [0.2, 0.25) is 0 Å². The van der Waals surface area contributed by atoms with Crippen molar-refractivity contribution in [2.75, 3.05) is 44.7 Å². The van der Waals surface area contributed by atoms with Gasteiger partial charge in [0.1, 0.15) is 10.6 Å². The van der Waals surface area contributed by atoms with Crippen LogP contribution in [0.4, 0.5) is 5.82 Å². The van der Waals surface area contributed by atoms with Crippen LogP contribution in [0.5, 0.6) is 0 Å². The van der Waals surface area contributed by atoms with E-state index >= 15 is 0 Å². The summed E-state index contributed by atoms with van der Waals surface area (Å²) >= 11 is 2.89. The van der Waals surface area contributed by atoms with Crippen LogP contribution in [0.3, 0.4) is 0 Å². The molecule has 0 aliphatic carbocycles. The van der Waals surface area contributed by atoms with Crippen LogP contribution in [-0.2, 0) is 4.79 Å². The quantitative estimate of drug-likeness (QED) is 0.674. The van der Waals surface area contributed by atoms with Crippen molar-refractivity contribution < 1.29 is 4.79 Å². The van der Waals surface area contributed by atoms with Gasteiger partial charge < -0.3 is 15.5 Å². The predicted octanol–water partition coefficient (Wildman–Crippen LogP) is 1.14. The minimum atomic E-state index is 0.140. The summed E-state index contributed by atoms with van der Waals surface area (Å²) in [5.74, 6) is 0.984. The number of likely N-dealkylation sites (N-methyl/N-ethyl adjacent to an activating group) is 1. The number of anilines is 1. The number of hydrogen-bond donors (Lipinski definition) is 1. The second kappa shape index (κ2) is 6.17. The first-order valence-corrected chi connectivity index (χ1v) is 8.60. The highest BCUT2D eigenvalue weighted by atomic mass is 32.2. The van der Waals surface area contributed by atoms with Gasteiger partial charge in [-0.1, -0.05) is 11.8 Å². The summed E-state index contributed by atoms with van der Waals surface area (Å²) in [5, 5.41) is 3.40. The van der Waals surface area contributed by atoms with E-state index in [4.69, 9.17) is 5.73 Å². The highest BCUT2D eigenvalue weighted by Gasteiger charge is 2.19. The number of nitrogens with zero attached hydrogens (tertiary/aromatic N) is 4. The molecule has 0 radical (unpaired) electrons. The van der Waals surface area contributed by atoms with Gasteiger partial charge in [0, 0.05) is 26.2 Å². The van der Waals surface area contributed by atoms with E-state index in [1.807, 2.05) is 16.3 Å². The number of amides is 1. The molecule has 0 aromatic carbocycles. The lowest BCUT2D eigenvalue weighted by Gasteiger charge is -2.32. The van der Waals surface area contributed by atoms with E-state index in [0.717, 1.165) is 36.4 Å². The van der Waals surface area contributed by atoms with Crippen LogP contribution in [0.1, 0.15) is 0 Å². The molecule has 2 aromatic heterocycles. The zero-order chi connectivity index (χ0) is 14.8. The molecule has 0 bridgehead atoms. The van der Waals surface area contributed by atoms with E-state index in [0.29, 0.717) is 16.7 Å². The molecule has 0 unspecified atom stereocenters. The van der Waals surface area contributed by atoms with Gasteiger partial charge in [0.2, 0.25) is 5.91 Å². The molecule has 0 saturated carbocycles. The molecule has 8 heteroatoms. The van der Waals surface area contributed by atoms with Gasteiger partial charge in [-0.25, -0.2) is 9.97 Å². The van der Waals surface area contributed by atoms with Crippen molar-refractivity contribution in [3.05, 3.63) is 11.4 Å². The molecule has 21 heavy (non-hydrogen) atoms. The Bertz CT molecular complexity index is 651. The maximum absolute atomic E-state index is 12.2. The zero-order valence-electron chi connectivity index (χ0n) is 11.8. The molecule has 2 N–H and O–H groups in total. The van der Waals surface area contributed by atoms with Crippen molar-refractivity contribution in [1.82, 2.24) is 19.8 Å². The van der Waals surface area contributed by atoms with Crippen molar-refractivity contribution >= 4 is 45.0 Å². The maximum atomic E-state index is 12.2. The van der Waals surface area contributed by atoms with Crippen LogP contribution >= 0.6 is 23.1 Å². The summed E-state index contributed by atoms with van der Waals surface area (Å²) in [7, 11) is 2.07. The Labute approximate surface area is 131 Å². The third-order valence-corrected chi connectivity index (χ3v) is 5.15. The maximum Gasteiger partial charge on any atom is 0.233 e. The Morgan fingerprint density at radius 3 is 2.90 bits per heavy atom. The standard InChI is InChI=1S/C13H17N5OS2/c1-17-3-5-18(6-4-17)10(19)8-21-13-15-11(14)9-2-7-20-12(9)16-13/h2,7H,3-6,8H2,1H3,(H2,14,15,16). The summed E-state index contributed by atoms with van der Waals surface area (Å²) in [5.41, 5.74) is 5.91. The number of carbonyl (C=O) groups is 1. The van der Waals surface area contributed by atoms with Crippen LogP contribution in [0, 0.1) is 0 Å². The Morgan fingerprint density at radius 2 is 2.14 bits per heavy atom. The number of aromatic nitrogens is 2. The van der Waals surface area contributed by atoms with Crippen LogP contribution < -0.4 is 5.73 Å². The minimum Gasteiger partial charge on any atom is -0.383 e. The van der Waals surface area contributed by atoms with Gasteiger partial charge >= 0.3 is 0 Å². The summed E-state index contributed by atoms with van der Waals surface area (Å²) in [4.78, 5) is 25.9. The first kappa shape index (κ1) is 14.6. The molecule has 3 heterocycles. The van der Waals surface area contributed by atoms with Crippen molar-refractivity contribution in [2.24, 2.45) is 0 Å². The highest BCUT2D eigenvalue weighted by Crippen LogP contribution is 2.26. The zero-order valence-corrected chi connectivity index (χ0v) is 13.4. The molecule has 112 valence electrons. The lowest BCUT2D eigenvalue weighted by molar-refractivity contribution is -0.129. The van der Waals surface area contributed by atoms with Gasteiger partial charge in [-0.3, -0.25) is 4.79 Å². The van der Waals surface area contributed by atoms with Gasteiger partial charge in [-0.2, -0.15) is 0 Å². The molecule has 6 nitrogen and oxygen atoms in total. The fourth-order valence-electron chi connectivity index (χ4n) is 2.20.